The molecule has 1 saturated heterocycles. The van der Waals surface area contributed by atoms with E-state index in [1.54, 1.807) is 6.33 Å². The van der Waals surface area contributed by atoms with Crippen LogP contribution in [0.4, 0.5) is 11.6 Å². The summed E-state index contributed by atoms with van der Waals surface area (Å²) in [5.74, 6) is 2.12. The summed E-state index contributed by atoms with van der Waals surface area (Å²) in [5, 5.41) is 3.35. The number of piperidine rings is 1. The SMILES string of the molecule is CCNc1ncnc(N2CCC(N(C)C)CC2)c1CC. The molecule has 0 unspecified atom stereocenters. The molecule has 1 N–H and O–H groups in total. The lowest BCUT2D eigenvalue weighted by Crippen LogP contribution is -2.42. The number of nitrogens with one attached hydrogen (secondary N) is 1. The van der Waals surface area contributed by atoms with Gasteiger partial charge in [-0.25, -0.2) is 9.97 Å². The van der Waals surface area contributed by atoms with Crippen LogP contribution >= 0.6 is 0 Å². The number of anilines is 2. The van der Waals surface area contributed by atoms with Gasteiger partial charge in [0.25, 0.3) is 0 Å². The van der Waals surface area contributed by atoms with Crippen molar-refractivity contribution in [2.24, 2.45) is 0 Å². The molecule has 1 fully saturated rings. The zero-order valence-electron chi connectivity index (χ0n) is 13.2. The van der Waals surface area contributed by atoms with Gasteiger partial charge in [0.1, 0.15) is 18.0 Å². The summed E-state index contributed by atoms with van der Waals surface area (Å²) < 4.78 is 0. The summed E-state index contributed by atoms with van der Waals surface area (Å²) in [7, 11) is 4.34. The van der Waals surface area contributed by atoms with E-state index in [4.69, 9.17) is 0 Å². The molecule has 0 spiro atoms. The first-order valence-electron chi connectivity index (χ1n) is 7.66. The Morgan fingerprint density at radius 2 is 1.95 bits per heavy atom. The molecule has 1 aromatic heterocycles. The maximum absolute atomic E-state index is 4.55. The molecule has 0 atom stereocenters. The van der Waals surface area contributed by atoms with Gasteiger partial charge in [0.2, 0.25) is 0 Å². The average Bonchev–Trinajstić information content (AvgIpc) is 2.47. The fourth-order valence-electron chi connectivity index (χ4n) is 2.91. The van der Waals surface area contributed by atoms with Crippen molar-refractivity contribution in [3.63, 3.8) is 0 Å². The Morgan fingerprint density at radius 3 is 2.50 bits per heavy atom. The van der Waals surface area contributed by atoms with Crippen LogP contribution < -0.4 is 10.2 Å². The first-order valence-corrected chi connectivity index (χ1v) is 7.66. The van der Waals surface area contributed by atoms with Crippen molar-refractivity contribution in [3.8, 4) is 0 Å². The molecular weight excluding hydrogens is 250 g/mol. The zero-order chi connectivity index (χ0) is 14.5. The zero-order valence-corrected chi connectivity index (χ0v) is 13.2. The predicted molar refractivity (Wildman–Crippen MR) is 84.5 cm³/mol. The summed E-state index contributed by atoms with van der Waals surface area (Å²) in [5.41, 5.74) is 1.25. The second-order valence-electron chi connectivity index (χ2n) is 5.59. The minimum absolute atomic E-state index is 0.700. The normalized spacial score (nSPS) is 16.8. The van der Waals surface area contributed by atoms with Crippen LogP contribution in [0, 0.1) is 0 Å². The van der Waals surface area contributed by atoms with Crippen molar-refractivity contribution in [2.75, 3.05) is 43.9 Å². The molecule has 0 radical (unpaired) electrons. The van der Waals surface area contributed by atoms with Gasteiger partial charge in [0.15, 0.2) is 0 Å². The first-order chi connectivity index (χ1) is 9.67. The van der Waals surface area contributed by atoms with Gasteiger partial charge in [-0.1, -0.05) is 6.92 Å². The molecule has 1 aliphatic heterocycles. The Morgan fingerprint density at radius 1 is 1.25 bits per heavy atom. The molecular formula is C15H27N5. The van der Waals surface area contributed by atoms with Crippen molar-refractivity contribution in [1.29, 1.82) is 0 Å². The van der Waals surface area contributed by atoms with E-state index in [0.29, 0.717) is 6.04 Å². The molecule has 0 aromatic carbocycles. The second kappa shape index (κ2) is 6.88. The van der Waals surface area contributed by atoms with Crippen molar-refractivity contribution in [1.82, 2.24) is 14.9 Å². The van der Waals surface area contributed by atoms with Crippen LogP contribution in [0.5, 0.6) is 0 Å². The lowest BCUT2D eigenvalue weighted by molar-refractivity contribution is 0.249. The Bertz CT molecular complexity index is 424. The number of nitrogens with zero attached hydrogens (tertiary/aromatic N) is 4. The van der Waals surface area contributed by atoms with Crippen LogP contribution in [0.2, 0.25) is 0 Å². The van der Waals surface area contributed by atoms with E-state index in [0.717, 1.165) is 37.7 Å². The highest BCUT2D eigenvalue weighted by Gasteiger charge is 2.23. The highest BCUT2D eigenvalue weighted by Crippen LogP contribution is 2.27. The van der Waals surface area contributed by atoms with E-state index in [-0.39, 0.29) is 0 Å². The monoisotopic (exact) mass is 277 g/mol. The van der Waals surface area contributed by atoms with Crippen LogP contribution in [-0.2, 0) is 6.42 Å². The van der Waals surface area contributed by atoms with Gasteiger partial charge in [-0.2, -0.15) is 0 Å². The molecule has 1 aliphatic rings. The van der Waals surface area contributed by atoms with Crippen LogP contribution in [0.25, 0.3) is 0 Å². The molecule has 2 rings (SSSR count). The molecule has 0 saturated carbocycles. The minimum atomic E-state index is 0.700. The molecule has 5 nitrogen and oxygen atoms in total. The van der Waals surface area contributed by atoms with E-state index >= 15 is 0 Å². The molecule has 0 bridgehead atoms. The molecule has 1 aromatic rings. The number of aromatic nitrogens is 2. The van der Waals surface area contributed by atoms with Crippen molar-refractivity contribution >= 4 is 11.6 Å². The minimum Gasteiger partial charge on any atom is -0.370 e. The highest BCUT2D eigenvalue weighted by molar-refractivity contribution is 5.59. The lowest BCUT2D eigenvalue weighted by atomic mass is 10.0. The van der Waals surface area contributed by atoms with Gasteiger partial charge in [-0.3, -0.25) is 0 Å². The van der Waals surface area contributed by atoms with Crippen LogP contribution in [0.3, 0.4) is 0 Å². The van der Waals surface area contributed by atoms with E-state index in [2.05, 4.69) is 53.0 Å². The molecule has 0 aliphatic carbocycles. The lowest BCUT2D eigenvalue weighted by Gasteiger charge is -2.36. The Kier molecular flexibility index (Phi) is 5.17. The third-order valence-electron chi connectivity index (χ3n) is 4.11. The second-order valence-corrected chi connectivity index (χ2v) is 5.59. The van der Waals surface area contributed by atoms with Crippen LogP contribution in [0.15, 0.2) is 6.33 Å². The summed E-state index contributed by atoms with van der Waals surface area (Å²) >= 11 is 0. The van der Waals surface area contributed by atoms with Gasteiger partial charge < -0.3 is 15.1 Å². The van der Waals surface area contributed by atoms with Gasteiger partial charge >= 0.3 is 0 Å². The highest BCUT2D eigenvalue weighted by atomic mass is 15.2. The quantitative estimate of drug-likeness (QED) is 0.892. The maximum atomic E-state index is 4.55. The summed E-state index contributed by atoms with van der Waals surface area (Å²) in [6.45, 7) is 7.34. The van der Waals surface area contributed by atoms with Gasteiger partial charge in [-0.05, 0) is 40.3 Å². The van der Waals surface area contributed by atoms with E-state index in [1.807, 2.05) is 0 Å². The summed E-state index contributed by atoms with van der Waals surface area (Å²) in [4.78, 5) is 13.7. The fraction of sp³-hybridized carbons (Fsp3) is 0.733. The van der Waals surface area contributed by atoms with E-state index < -0.39 is 0 Å². The Labute approximate surface area is 122 Å². The topological polar surface area (TPSA) is 44.3 Å². The molecule has 0 amide bonds. The number of rotatable bonds is 5. The molecule has 112 valence electrons. The Hall–Kier alpha value is -1.36. The standard InChI is InChI=1S/C15H27N5/c1-5-13-14(16-6-2)17-11-18-15(13)20-9-7-12(8-10-20)19(3)4/h11-12H,5-10H2,1-4H3,(H,16,17,18). The van der Waals surface area contributed by atoms with Gasteiger partial charge in [0, 0.05) is 31.2 Å². The first kappa shape index (κ1) is 15.0. The van der Waals surface area contributed by atoms with Gasteiger partial charge in [-0.15, -0.1) is 0 Å². The summed E-state index contributed by atoms with van der Waals surface area (Å²) in [6, 6.07) is 0.700. The third-order valence-corrected chi connectivity index (χ3v) is 4.11. The Balaban J connectivity index is 2.15. The number of hydrogen-bond acceptors (Lipinski definition) is 5. The van der Waals surface area contributed by atoms with Crippen LogP contribution in [-0.4, -0.2) is 54.6 Å². The average molecular weight is 277 g/mol. The number of hydrogen-bond donors (Lipinski definition) is 1. The fourth-order valence-corrected chi connectivity index (χ4v) is 2.91. The maximum Gasteiger partial charge on any atom is 0.137 e. The van der Waals surface area contributed by atoms with E-state index in [9.17, 15) is 0 Å². The largest absolute Gasteiger partial charge is 0.370 e. The van der Waals surface area contributed by atoms with Crippen molar-refractivity contribution in [2.45, 2.75) is 39.2 Å². The molecule has 5 heteroatoms. The van der Waals surface area contributed by atoms with Crippen molar-refractivity contribution < 1.29 is 0 Å². The third kappa shape index (κ3) is 3.20. The summed E-state index contributed by atoms with van der Waals surface area (Å²) in [6.07, 6.45) is 5.06. The smallest absolute Gasteiger partial charge is 0.137 e. The molecule has 2 heterocycles. The van der Waals surface area contributed by atoms with Gasteiger partial charge in [0.05, 0.1) is 0 Å². The van der Waals surface area contributed by atoms with E-state index in [1.165, 1.54) is 18.4 Å². The predicted octanol–water partition coefficient (Wildman–Crippen LogP) is 2.00. The van der Waals surface area contributed by atoms with Crippen molar-refractivity contribution in [3.05, 3.63) is 11.9 Å². The molecule has 20 heavy (non-hydrogen) atoms. The van der Waals surface area contributed by atoms with Crippen LogP contribution in [0.1, 0.15) is 32.3 Å².